The maximum Gasteiger partial charge on any atom is 0.307 e. The first kappa shape index (κ1) is 15.8. The van der Waals surface area contributed by atoms with Crippen LogP contribution in [0.5, 0.6) is 0 Å². The molecule has 22 heavy (non-hydrogen) atoms. The third kappa shape index (κ3) is 3.94. The first-order chi connectivity index (χ1) is 10.5. The number of furan rings is 1. The van der Waals surface area contributed by atoms with Crippen LogP contribution in [0.4, 0.5) is 4.39 Å². The molecule has 0 radical (unpaired) electrons. The van der Waals surface area contributed by atoms with Gasteiger partial charge in [-0.25, -0.2) is 4.39 Å². The minimum atomic E-state index is -0.960. The lowest BCUT2D eigenvalue weighted by atomic mass is 10.1. The van der Waals surface area contributed by atoms with Gasteiger partial charge in [0, 0.05) is 6.42 Å². The number of hydrogen-bond donors (Lipinski definition) is 1. The first-order valence-electron chi connectivity index (χ1n) is 6.80. The Morgan fingerprint density at radius 2 is 2.00 bits per heavy atom. The maximum atomic E-state index is 13.6. The molecule has 0 bridgehead atoms. The molecule has 1 amide bonds. The van der Waals surface area contributed by atoms with E-state index in [0.717, 1.165) is 0 Å². The molecule has 0 saturated carbocycles. The Bertz CT molecular complexity index is 680. The third-order valence-corrected chi connectivity index (χ3v) is 3.09. The molecule has 1 heterocycles. The Morgan fingerprint density at radius 1 is 1.27 bits per heavy atom. The molecule has 0 aliphatic carbocycles. The number of amides is 1. The van der Waals surface area contributed by atoms with Crippen LogP contribution < -0.4 is 5.73 Å². The van der Waals surface area contributed by atoms with Crippen LogP contribution in [0.2, 0.25) is 0 Å². The van der Waals surface area contributed by atoms with Gasteiger partial charge in [0.15, 0.2) is 6.10 Å². The summed E-state index contributed by atoms with van der Waals surface area (Å²) in [5.41, 5.74) is 5.36. The molecular formula is C16H16FNO4. The van der Waals surface area contributed by atoms with Gasteiger partial charge in [-0.3, -0.25) is 9.59 Å². The molecule has 1 atom stereocenters. The smallest absolute Gasteiger partial charge is 0.307 e. The minimum Gasteiger partial charge on any atom is -0.461 e. The van der Waals surface area contributed by atoms with Gasteiger partial charge in [0.2, 0.25) is 0 Å². The van der Waals surface area contributed by atoms with Crippen molar-refractivity contribution in [1.29, 1.82) is 0 Å². The summed E-state index contributed by atoms with van der Waals surface area (Å²) in [5, 5.41) is 0. The largest absolute Gasteiger partial charge is 0.461 e. The molecule has 0 unspecified atom stereocenters. The van der Waals surface area contributed by atoms with Crippen molar-refractivity contribution >= 4 is 11.9 Å². The van der Waals surface area contributed by atoms with Crippen LogP contribution in [0.3, 0.4) is 0 Å². The summed E-state index contributed by atoms with van der Waals surface area (Å²) in [4.78, 5) is 22.3. The number of benzene rings is 1. The van der Waals surface area contributed by atoms with Crippen LogP contribution >= 0.6 is 0 Å². The van der Waals surface area contributed by atoms with Crippen LogP contribution in [-0.4, -0.2) is 18.0 Å². The highest BCUT2D eigenvalue weighted by Gasteiger charge is 2.15. The average molecular weight is 305 g/mol. The number of nitrogens with two attached hydrogens (primary N) is 1. The van der Waals surface area contributed by atoms with Crippen LogP contribution in [0.15, 0.2) is 40.8 Å². The Morgan fingerprint density at radius 3 is 2.68 bits per heavy atom. The van der Waals surface area contributed by atoms with E-state index in [4.69, 9.17) is 14.9 Å². The van der Waals surface area contributed by atoms with Crippen LogP contribution in [-0.2, 0) is 20.7 Å². The number of ether oxygens (including phenoxy) is 1. The van der Waals surface area contributed by atoms with Crippen molar-refractivity contribution in [3.8, 4) is 11.3 Å². The molecule has 2 rings (SSSR count). The lowest BCUT2D eigenvalue weighted by Gasteiger charge is -2.08. The lowest BCUT2D eigenvalue weighted by Crippen LogP contribution is -2.30. The summed E-state index contributed by atoms with van der Waals surface area (Å²) in [7, 11) is 0. The molecule has 0 spiro atoms. The number of esters is 1. The van der Waals surface area contributed by atoms with Gasteiger partial charge in [-0.05, 0) is 31.2 Å². The summed E-state index contributed by atoms with van der Waals surface area (Å²) >= 11 is 0. The second-order valence-electron chi connectivity index (χ2n) is 4.78. The standard InChI is InChI=1S/C16H16FNO4/c1-10(16(18)20)21-15(19)9-7-11-6-8-14(22-11)12-4-2-3-5-13(12)17/h2-6,8,10H,7,9H2,1H3,(H2,18,20)/t10-/m1/s1. The van der Waals surface area contributed by atoms with Crippen molar-refractivity contribution in [2.45, 2.75) is 25.9 Å². The van der Waals surface area contributed by atoms with E-state index in [1.807, 2.05) is 0 Å². The maximum absolute atomic E-state index is 13.6. The van der Waals surface area contributed by atoms with Gasteiger partial charge in [-0.1, -0.05) is 12.1 Å². The monoisotopic (exact) mass is 305 g/mol. The normalized spacial score (nSPS) is 11.9. The van der Waals surface area contributed by atoms with Crippen molar-refractivity contribution in [2.24, 2.45) is 5.73 Å². The fraction of sp³-hybridized carbons (Fsp3) is 0.250. The molecule has 0 saturated heterocycles. The molecule has 0 aliphatic rings. The zero-order valence-electron chi connectivity index (χ0n) is 12.0. The van der Waals surface area contributed by atoms with Gasteiger partial charge in [-0.15, -0.1) is 0 Å². The molecule has 6 heteroatoms. The van der Waals surface area contributed by atoms with Crippen LogP contribution in [0.1, 0.15) is 19.1 Å². The van der Waals surface area contributed by atoms with Crippen molar-refractivity contribution in [3.05, 3.63) is 48.0 Å². The summed E-state index contributed by atoms with van der Waals surface area (Å²) in [5.74, 6) is -0.699. The minimum absolute atomic E-state index is 0.0435. The van der Waals surface area contributed by atoms with E-state index in [-0.39, 0.29) is 12.2 Å². The number of carbonyl (C=O) groups is 2. The molecular weight excluding hydrogens is 289 g/mol. The second-order valence-corrected chi connectivity index (χ2v) is 4.78. The Hall–Kier alpha value is -2.63. The van der Waals surface area contributed by atoms with E-state index in [1.54, 1.807) is 30.3 Å². The Balaban J connectivity index is 1.94. The number of carbonyl (C=O) groups excluding carboxylic acids is 2. The number of rotatable bonds is 6. The third-order valence-electron chi connectivity index (χ3n) is 3.09. The summed E-state index contributed by atoms with van der Waals surface area (Å²) in [6.45, 7) is 1.41. The van der Waals surface area contributed by atoms with Gasteiger partial charge >= 0.3 is 5.97 Å². The molecule has 1 aromatic carbocycles. The highest BCUT2D eigenvalue weighted by molar-refractivity contribution is 5.81. The summed E-state index contributed by atoms with van der Waals surface area (Å²) < 4.78 is 24.0. The van der Waals surface area contributed by atoms with Gasteiger partial charge in [0.25, 0.3) is 5.91 Å². The Kier molecular flexibility index (Phi) is 4.93. The molecule has 2 aromatic rings. The SMILES string of the molecule is C[C@@H](OC(=O)CCc1ccc(-c2ccccc2F)o1)C(N)=O. The van der Waals surface area contributed by atoms with Gasteiger partial charge in [0.05, 0.1) is 12.0 Å². The predicted octanol–water partition coefficient (Wildman–Crippen LogP) is 2.44. The van der Waals surface area contributed by atoms with Gasteiger partial charge in [-0.2, -0.15) is 0 Å². The quantitative estimate of drug-likeness (QED) is 0.831. The van der Waals surface area contributed by atoms with Crippen molar-refractivity contribution in [3.63, 3.8) is 0 Å². The van der Waals surface area contributed by atoms with Gasteiger partial charge < -0.3 is 14.9 Å². The highest BCUT2D eigenvalue weighted by Crippen LogP contribution is 2.25. The van der Waals surface area contributed by atoms with E-state index in [2.05, 4.69) is 0 Å². The summed E-state index contributed by atoms with van der Waals surface area (Å²) in [6, 6.07) is 9.58. The Labute approximate surface area is 126 Å². The predicted molar refractivity (Wildman–Crippen MR) is 77.2 cm³/mol. The van der Waals surface area contributed by atoms with Crippen molar-refractivity contribution < 1.29 is 23.1 Å². The number of halogens is 1. The number of aryl methyl sites for hydroxylation is 1. The average Bonchev–Trinajstić information content (AvgIpc) is 2.94. The molecule has 5 nitrogen and oxygen atoms in total. The lowest BCUT2D eigenvalue weighted by molar-refractivity contribution is -0.153. The summed E-state index contributed by atoms with van der Waals surface area (Å²) in [6.07, 6.45) is -0.626. The topological polar surface area (TPSA) is 82.5 Å². The fourth-order valence-corrected chi connectivity index (χ4v) is 1.86. The molecule has 2 N–H and O–H groups in total. The first-order valence-corrected chi connectivity index (χ1v) is 6.80. The molecule has 0 fully saturated rings. The van der Waals surface area contributed by atoms with E-state index in [9.17, 15) is 14.0 Å². The number of hydrogen-bond acceptors (Lipinski definition) is 4. The molecule has 1 aromatic heterocycles. The van der Waals surface area contributed by atoms with Gasteiger partial charge in [0.1, 0.15) is 17.3 Å². The molecule has 0 aliphatic heterocycles. The van der Waals surface area contributed by atoms with Crippen LogP contribution in [0.25, 0.3) is 11.3 Å². The van der Waals surface area contributed by atoms with E-state index >= 15 is 0 Å². The van der Waals surface area contributed by atoms with E-state index in [0.29, 0.717) is 23.5 Å². The van der Waals surface area contributed by atoms with E-state index in [1.165, 1.54) is 13.0 Å². The number of primary amides is 1. The highest BCUT2D eigenvalue weighted by atomic mass is 19.1. The van der Waals surface area contributed by atoms with Crippen molar-refractivity contribution in [2.75, 3.05) is 0 Å². The fourth-order valence-electron chi connectivity index (χ4n) is 1.86. The zero-order valence-corrected chi connectivity index (χ0v) is 12.0. The van der Waals surface area contributed by atoms with Crippen LogP contribution in [0, 0.1) is 5.82 Å². The molecule has 116 valence electrons. The second kappa shape index (κ2) is 6.89. The van der Waals surface area contributed by atoms with Crippen molar-refractivity contribution in [1.82, 2.24) is 0 Å². The van der Waals surface area contributed by atoms with E-state index < -0.39 is 18.0 Å². The zero-order chi connectivity index (χ0) is 16.1.